The summed E-state index contributed by atoms with van der Waals surface area (Å²) in [6.45, 7) is 9.62. The highest BCUT2D eigenvalue weighted by Crippen LogP contribution is 2.45. The second-order valence-electron chi connectivity index (χ2n) is 27.4. The second-order valence-corrected chi connectivity index (χ2v) is 30.3. The van der Waals surface area contributed by atoms with Gasteiger partial charge in [-0.2, -0.15) is 0 Å². The van der Waals surface area contributed by atoms with E-state index in [1.165, 1.54) is 199 Å². The summed E-state index contributed by atoms with van der Waals surface area (Å²) in [5, 5.41) is 10.6. The number of esters is 4. The number of hydrogen-bond acceptors (Lipinski definition) is 15. The molecule has 0 radical (unpaired) electrons. The lowest BCUT2D eigenvalue weighted by atomic mass is 9.99. The molecule has 0 aromatic rings. The van der Waals surface area contributed by atoms with Crippen LogP contribution < -0.4 is 0 Å². The molecule has 552 valence electrons. The highest BCUT2D eigenvalue weighted by molar-refractivity contribution is 7.47. The lowest BCUT2D eigenvalue weighted by Gasteiger charge is -2.21. The number of rotatable bonds is 73. The molecule has 0 bridgehead atoms. The molecule has 0 amide bonds. The normalized spacial score (nSPS) is 14.3. The Morgan fingerprint density at radius 1 is 0.312 bits per heavy atom. The third-order valence-electron chi connectivity index (χ3n) is 17.6. The van der Waals surface area contributed by atoms with E-state index in [9.17, 15) is 43.2 Å². The molecular formula is C74H144O17P2. The van der Waals surface area contributed by atoms with Crippen LogP contribution in [0.3, 0.4) is 0 Å². The van der Waals surface area contributed by atoms with Gasteiger partial charge in [0.25, 0.3) is 0 Å². The topological polar surface area (TPSA) is 237 Å². The third-order valence-corrected chi connectivity index (χ3v) is 19.5. The highest BCUT2D eigenvalue weighted by Gasteiger charge is 2.30. The quantitative estimate of drug-likeness (QED) is 0.0222. The standard InChI is InChI=1S/C74H144O17P2/c1-7-10-12-14-16-18-24-32-38-44-50-56-71(76)84-62-69(90-73(78)58-52-46-40-34-25-19-17-15-13-11-8-2)64-88-92(80,81)86-60-68(75)61-87-93(82,83)89-65-70(63-85-72(77)57-51-45-39-33-29-28-30-36-42-48-54-66(4)5)91-74(79)59-53-47-41-35-27-23-21-20-22-26-31-37-43-49-55-67(6)9-3/h66-70,75H,7-65H2,1-6H3,(H,80,81)(H,82,83)/t67?,68-,69+,70+/m0/s1. The van der Waals surface area contributed by atoms with Crippen molar-refractivity contribution in [3.8, 4) is 0 Å². The summed E-state index contributed by atoms with van der Waals surface area (Å²) in [5.74, 6) is -0.512. The number of aliphatic hydroxyl groups excluding tert-OH is 1. The van der Waals surface area contributed by atoms with Crippen LogP contribution in [0.1, 0.15) is 382 Å². The number of hydrogen-bond donors (Lipinski definition) is 3. The molecule has 0 saturated carbocycles. The molecule has 0 saturated heterocycles. The number of carbonyl (C=O) groups excluding carboxylic acids is 4. The zero-order chi connectivity index (χ0) is 68.6. The Labute approximate surface area is 568 Å². The number of unbranched alkanes of at least 4 members (excludes halogenated alkanes) is 42. The van der Waals surface area contributed by atoms with E-state index < -0.39 is 97.5 Å². The first-order valence-electron chi connectivity index (χ1n) is 38.5. The second kappa shape index (κ2) is 66.0. The van der Waals surface area contributed by atoms with Crippen LogP contribution in [0.2, 0.25) is 0 Å². The third kappa shape index (κ3) is 67.0. The molecule has 0 aromatic heterocycles. The first kappa shape index (κ1) is 91.1. The number of carbonyl (C=O) groups is 4. The maximum absolute atomic E-state index is 13.1. The Hall–Kier alpha value is -1.94. The summed E-state index contributed by atoms with van der Waals surface area (Å²) < 4.78 is 68.4. The van der Waals surface area contributed by atoms with Crippen molar-refractivity contribution in [1.82, 2.24) is 0 Å². The highest BCUT2D eigenvalue weighted by atomic mass is 31.2. The van der Waals surface area contributed by atoms with Crippen LogP contribution in [0.4, 0.5) is 0 Å². The Morgan fingerprint density at radius 3 is 0.817 bits per heavy atom. The average molecular weight is 1370 g/mol. The molecule has 3 unspecified atom stereocenters. The van der Waals surface area contributed by atoms with E-state index in [4.69, 9.17) is 37.0 Å². The summed E-state index contributed by atoms with van der Waals surface area (Å²) in [6.07, 6.45) is 52.5. The number of phosphoric acid groups is 2. The van der Waals surface area contributed by atoms with E-state index in [0.29, 0.717) is 25.7 Å². The van der Waals surface area contributed by atoms with Gasteiger partial charge >= 0.3 is 39.5 Å². The number of phosphoric ester groups is 2. The maximum Gasteiger partial charge on any atom is 0.472 e. The Bertz CT molecular complexity index is 1810. The van der Waals surface area contributed by atoms with E-state index in [2.05, 4.69) is 41.5 Å². The van der Waals surface area contributed by atoms with Gasteiger partial charge in [0.1, 0.15) is 19.3 Å². The Kier molecular flexibility index (Phi) is 64.6. The van der Waals surface area contributed by atoms with E-state index in [0.717, 1.165) is 102 Å². The molecular weight excluding hydrogens is 1220 g/mol. The smallest absolute Gasteiger partial charge is 0.462 e. The van der Waals surface area contributed by atoms with Crippen molar-refractivity contribution in [3.05, 3.63) is 0 Å². The number of aliphatic hydroxyl groups is 1. The fourth-order valence-electron chi connectivity index (χ4n) is 11.3. The average Bonchev–Trinajstić information content (AvgIpc) is 3.47. The molecule has 0 heterocycles. The van der Waals surface area contributed by atoms with E-state index >= 15 is 0 Å². The fraction of sp³-hybridized carbons (Fsp3) is 0.946. The van der Waals surface area contributed by atoms with Crippen LogP contribution in [0.5, 0.6) is 0 Å². The molecule has 0 fully saturated rings. The molecule has 0 spiro atoms. The van der Waals surface area contributed by atoms with Crippen molar-refractivity contribution in [2.75, 3.05) is 39.6 Å². The van der Waals surface area contributed by atoms with Gasteiger partial charge in [-0.25, -0.2) is 9.13 Å². The van der Waals surface area contributed by atoms with Gasteiger partial charge in [0.05, 0.1) is 26.4 Å². The van der Waals surface area contributed by atoms with Gasteiger partial charge in [-0.05, 0) is 37.5 Å². The minimum absolute atomic E-state index is 0.107. The van der Waals surface area contributed by atoms with Crippen molar-refractivity contribution in [2.24, 2.45) is 11.8 Å². The molecule has 0 aliphatic carbocycles. The summed E-state index contributed by atoms with van der Waals surface area (Å²) in [5.41, 5.74) is 0. The van der Waals surface area contributed by atoms with Crippen LogP contribution in [0.15, 0.2) is 0 Å². The van der Waals surface area contributed by atoms with Crippen LogP contribution in [-0.2, 0) is 65.4 Å². The fourth-order valence-corrected chi connectivity index (χ4v) is 12.8. The van der Waals surface area contributed by atoms with Gasteiger partial charge in [0.2, 0.25) is 0 Å². The van der Waals surface area contributed by atoms with Crippen LogP contribution in [-0.4, -0.2) is 96.7 Å². The van der Waals surface area contributed by atoms with Crippen LogP contribution >= 0.6 is 15.6 Å². The van der Waals surface area contributed by atoms with Crippen LogP contribution in [0, 0.1) is 11.8 Å². The van der Waals surface area contributed by atoms with E-state index in [1.807, 2.05) is 0 Å². The molecule has 17 nitrogen and oxygen atoms in total. The lowest BCUT2D eigenvalue weighted by molar-refractivity contribution is -0.161. The first-order chi connectivity index (χ1) is 44.9. The van der Waals surface area contributed by atoms with Crippen molar-refractivity contribution in [3.63, 3.8) is 0 Å². The van der Waals surface area contributed by atoms with Crippen molar-refractivity contribution >= 4 is 39.5 Å². The molecule has 3 N–H and O–H groups in total. The molecule has 0 aliphatic rings. The SMILES string of the molecule is CCCCCCCCCCCCCC(=O)OC[C@H](COP(=O)(O)OC[C@H](O)COP(=O)(O)OC[C@@H](COC(=O)CCCCCCCCCCCCC(C)C)OC(=O)CCCCCCCCCCCCCCCCC(C)CC)OC(=O)CCCCCCCCCCCCC. The summed E-state index contributed by atoms with van der Waals surface area (Å²) in [4.78, 5) is 72.7. The van der Waals surface area contributed by atoms with E-state index in [-0.39, 0.29) is 25.7 Å². The molecule has 0 aliphatic heterocycles. The minimum atomic E-state index is -4.96. The summed E-state index contributed by atoms with van der Waals surface area (Å²) in [7, 11) is -9.91. The minimum Gasteiger partial charge on any atom is -0.462 e. The summed E-state index contributed by atoms with van der Waals surface area (Å²) in [6, 6.07) is 0. The van der Waals surface area contributed by atoms with E-state index in [1.54, 1.807) is 0 Å². The monoisotopic (exact) mass is 1370 g/mol. The van der Waals surface area contributed by atoms with Gasteiger partial charge in [0, 0.05) is 25.7 Å². The van der Waals surface area contributed by atoms with Crippen molar-refractivity contribution < 1.29 is 80.2 Å². The zero-order valence-corrected chi connectivity index (χ0v) is 62.3. The van der Waals surface area contributed by atoms with Crippen molar-refractivity contribution in [1.29, 1.82) is 0 Å². The lowest BCUT2D eigenvalue weighted by Crippen LogP contribution is -2.30. The number of ether oxygens (including phenoxy) is 4. The molecule has 0 aromatic carbocycles. The zero-order valence-electron chi connectivity index (χ0n) is 60.6. The predicted molar refractivity (Wildman–Crippen MR) is 377 cm³/mol. The van der Waals surface area contributed by atoms with Crippen molar-refractivity contribution in [2.45, 2.75) is 400 Å². The van der Waals surface area contributed by atoms with Crippen LogP contribution in [0.25, 0.3) is 0 Å². The van der Waals surface area contributed by atoms with Gasteiger partial charge in [-0.1, -0.05) is 330 Å². The Balaban J connectivity index is 5.24. The Morgan fingerprint density at radius 2 is 0.548 bits per heavy atom. The molecule has 93 heavy (non-hydrogen) atoms. The van der Waals surface area contributed by atoms with Gasteiger partial charge in [-0.15, -0.1) is 0 Å². The molecule has 0 rings (SSSR count). The van der Waals surface area contributed by atoms with Gasteiger partial charge in [0.15, 0.2) is 12.2 Å². The van der Waals surface area contributed by atoms with Gasteiger partial charge in [-0.3, -0.25) is 37.3 Å². The van der Waals surface area contributed by atoms with Gasteiger partial charge < -0.3 is 33.8 Å². The largest absolute Gasteiger partial charge is 0.472 e. The molecule has 6 atom stereocenters. The molecule has 19 heteroatoms. The first-order valence-corrected chi connectivity index (χ1v) is 41.5. The predicted octanol–water partition coefficient (Wildman–Crippen LogP) is 21.6. The summed E-state index contributed by atoms with van der Waals surface area (Å²) >= 11 is 0. The maximum atomic E-state index is 13.1.